The number of carbonyl (C=O) groups excluding carboxylic acids is 1. The van der Waals surface area contributed by atoms with E-state index < -0.39 is 0 Å². The normalized spacial score (nSPS) is 10.6. The summed E-state index contributed by atoms with van der Waals surface area (Å²) in [5, 5.41) is 8.15. The standard InChI is InChI=1S/C22H23N3O2/c1-3-15-25(16-18-7-5-4-6-8-18)21(26)14-13-20-23-24-22(27-20)19-11-9-17(2)10-12-19/h3-12H,1,13-16H2,2H3. The van der Waals surface area contributed by atoms with Crippen LogP contribution >= 0.6 is 0 Å². The Balaban J connectivity index is 1.60. The van der Waals surface area contributed by atoms with E-state index in [9.17, 15) is 4.79 Å². The van der Waals surface area contributed by atoms with Crippen molar-refractivity contribution in [3.05, 3.63) is 84.3 Å². The van der Waals surface area contributed by atoms with Gasteiger partial charge in [0.15, 0.2) is 0 Å². The summed E-state index contributed by atoms with van der Waals surface area (Å²) < 4.78 is 5.70. The lowest BCUT2D eigenvalue weighted by Gasteiger charge is -2.21. The molecule has 1 heterocycles. The van der Waals surface area contributed by atoms with Gasteiger partial charge in [0.05, 0.1) is 0 Å². The van der Waals surface area contributed by atoms with Crippen molar-refractivity contribution in [2.75, 3.05) is 6.54 Å². The zero-order valence-electron chi connectivity index (χ0n) is 15.5. The molecular formula is C22H23N3O2. The van der Waals surface area contributed by atoms with Gasteiger partial charge in [0.2, 0.25) is 17.7 Å². The minimum atomic E-state index is 0.0360. The van der Waals surface area contributed by atoms with Gasteiger partial charge in [-0.1, -0.05) is 54.1 Å². The van der Waals surface area contributed by atoms with Crippen LogP contribution in [0.5, 0.6) is 0 Å². The van der Waals surface area contributed by atoms with E-state index in [1.807, 2.05) is 61.5 Å². The highest BCUT2D eigenvalue weighted by Crippen LogP contribution is 2.19. The van der Waals surface area contributed by atoms with Gasteiger partial charge in [0.25, 0.3) is 0 Å². The molecule has 0 N–H and O–H groups in total. The predicted octanol–water partition coefficient (Wildman–Crippen LogP) is 4.19. The second-order valence-corrected chi connectivity index (χ2v) is 6.42. The van der Waals surface area contributed by atoms with Crippen molar-refractivity contribution in [2.45, 2.75) is 26.3 Å². The largest absolute Gasteiger partial charge is 0.421 e. The SMILES string of the molecule is C=CCN(Cc1ccccc1)C(=O)CCc1nnc(-c2ccc(C)cc2)o1. The van der Waals surface area contributed by atoms with E-state index in [-0.39, 0.29) is 5.91 Å². The molecule has 0 aliphatic rings. The van der Waals surface area contributed by atoms with Crippen LogP contribution in [0.2, 0.25) is 0 Å². The first-order valence-electron chi connectivity index (χ1n) is 8.97. The first-order valence-corrected chi connectivity index (χ1v) is 8.97. The van der Waals surface area contributed by atoms with E-state index in [2.05, 4.69) is 16.8 Å². The lowest BCUT2D eigenvalue weighted by molar-refractivity contribution is -0.131. The smallest absolute Gasteiger partial charge is 0.247 e. The molecule has 0 saturated heterocycles. The Kier molecular flexibility index (Phi) is 6.15. The Morgan fingerprint density at radius 1 is 1.11 bits per heavy atom. The van der Waals surface area contributed by atoms with Crippen LogP contribution in [0.4, 0.5) is 0 Å². The van der Waals surface area contributed by atoms with Crippen LogP contribution in [0.3, 0.4) is 0 Å². The number of amides is 1. The summed E-state index contributed by atoms with van der Waals surface area (Å²) >= 11 is 0. The Morgan fingerprint density at radius 3 is 2.56 bits per heavy atom. The van der Waals surface area contributed by atoms with Gasteiger partial charge in [-0.25, -0.2) is 0 Å². The van der Waals surface area contributed by atoms with Crippen molar-refractivity contribution in [3.8, 4) is 11.5 Å². The minimum Gasteiger partial charge on any atom is -0.421 e. The number of aryl methyl sites for hydroxylation is 2. The predicted molar refractivity (Wildman–Crippen MR) is 105 cm³/mol. The van der Waals surface area contributed by atoms with Crippen LogP contribution in [-0.4, -0.2) is 27.5 Å². The fourth-order valence-corrected chi connectivity index (χ4v) is 2.75. The van der Waals surface area contributed by atoms with E-state index in [1.54, 1.807) is 11.0 Å². The highest BCUT2D eigenvalue weighted by Gasteiger charge is 2.15. The molecule has 0 atom stereocenters. The number of carbonyl (C=O) groups is 1. The van der Waals surface area contributed by atoms with Crippen LogP contribution in [-0.2, 0) is 17.8 Å². The highest BCUT2D eigenvalue weighted by atomic mass is 16.4. The first kappa shape index (κ1) is 18.6. The maximum absolute atomic E-state index is 12.6. The highest BCUT2D eigenvalue weighted by molar-refractivity contribution is 5.76. The fraction of sp³-hybridized carbons (Fsp3) is 0.227. The zero-order chi connectivity index (χ0) is 19.1. The molecule has 1 aromatic heterocycles. The van der Waals surface area contributed by atoms with Crippen molar-refractivity contribution in [2.24, 2.45) is 0 Å². The molecule has 3 rings (SSSR count). The molecular weight excluding hydrogens is 338 g/mol. The quantitative estimate of drug-likeness (QED) is 0.565. The number of nitrogens with zero attached hydrogens (tertiary/aromatic N) is 3. The third kappa shape index (κ3) is 5.14. The van der Waals surface area contributed by atoms with Gasteiger partial charge in [-0.3, -0.25) is 4.79 Å². The molecule has 0 fully saturated rings. The third-order valence-corrected chi connectivity index (χ3v) is 4.24. The van der Waals surface area contributed by atoms with Gasteiger partial charge in [-0.2, -0.15) is 0 Å². The van der Waals surface area contributed by atoms with Crippen LogP contribution in [0.25, 0.3) is 11.5 Å². The fourth-order valence-electron chi connectivity index (χ4n) is 2.75. The lowest BCUT2D eigenvalue weighted by Crippen LogP contribution is -2.30. The van der Waals surface area contributed by atoms with Gasteiger partial charge in [0.1, 0.15) is 0 Å². The van der Waals surface area contributed by atoms with E-state index in [0.29, 0.717) is 37.7 Å². The Hall–Kier alpha value is -3.21. The van der Waals surface area contributed by atoms with Crippen LogP contribution < -0.4 is 0 Å². The molecule has 27 heavy (non-hydrogen) atoms. The summed E-state index contributed by atoms with van der Waals surface area (Å²) in [6.07, 6.45) is 2.47. The molecule has 138 valence electrons. The Morgan fingerprint density at radius 2 is 1.85 bits per heavy atom. The van der Waals surface area contributed by atoms with Gasteiger partial charge < -0.3 is 9.32 Å². The molecule has 0 bridgehead atoms. The van der Waals surface area contributed by atoms with Crippen molar-refractivity contribution in [1.82, 2.24) is 15.1 Å². The summed E-state index contributed by atoms with van der Waals surface area (Å²) in [6, 6.07) is 17.8. The number of hydrogen-bond acceptors (Lipinski definition) is 4. The maximum atomic E-state index is 12.6. The molecule has 0 aliphatic carbocycles. The second-order valence-electron chi connectivity index (χ2n) is 6.42. The second kappa shape index (κ2) is 8.94. The molecule has 0 radical (unpaired) electrons. The van der Waals surface area contributed by atoms with Crippen LogP contribution in [0.1, 0.15) is 23.4 Å². The van der Waals surface area contributed by atoms with Crippen LogP contribution in [0.15, 0.2) is 71.7 Å². The Labute approximate surface area is 159 Å². The minimum absolute atomic E-state index is 0.0360. The van der Waals surface area contributed by atoms with Crippen molar-refractivity contribution < 1.29 is 9.21 Å². The molecule has 2 aromatic carbocycles. The average Bonchev–Trinajstić information content (AvgIpc) is 3.16. The van der Waals surface area contributed by atoms with Gasteiger partial charge >= 0.3 is 0 Å². The van der Waals surface area contributed by atoms with Crippen LogP contribution in [0, 0.1) is 6.92 Å². The molecule has 5 nitrogen and oxygen atoms in total. The molecule has 0 spiro atoms. The monoisotopic (exact) mass is 361 g/mol. The molecule has 3 aromatic rings. The Bertz CT molecular complexity index is 885. The van der Waals surface area contributed by atoms with Crippen molar-refractivity contribution >= 4 is 5.91 Å². The first-order chi connectivity index (χ1) is 13.2. The molecule has 5 heteroatoms. The van der Waals surface area contributed by atoms with E-state index in [1.165, 1.54) is 5.56 Å². The zero-order valence-corrected chi connectivity index (χ0v) is 15.5. The summed E-state index contributed by atoms with van der Waals surface area (Å²) in [7, 11) is 0. The summed E-state index contributed by atoms with van der Waals surface area (Å²) in [5.74, 6) is 0.982. The third-order valence-electron chi connectivity index (χ3n) is 4.24. The number of aromatic nitrogens is 2. The van der Waals surface area contributed by atoms with E-state index >= 15 is 0 Å². The molecule has 0 unspecified atom stereocenters. The van der Waals surface area contributed by atoms with Crippen molar-refractivity contribution in [3.63, 3.8) is 0 Å². The molecule has 0 saturated carbocycles. The summed E-state index contributed by atoms with van der Waals surface area (Å²) in [4.78, 5) is 14.4. The van der Waals surface area contributed by atoms with Gasteiger partial charge in [-0.05, 0) is 24.6 Å². The average molecular weight is 361 g/mol. The van der Waals surface area contributed by atoms with Gasteiger partial charge in [-0.15, -0.1) is 16.8 Å². The number of benzene rings is 2. The molecule has 0 aliphatic heterocycles. The summed E-state index contributed by atoms with van der Waals surface area (Å²) in [6.45, 7) is 6.84. The lowest BCUT2D eigenvalue weighted by atomic mass is 10.1. The van der Waals surface area contributed by atoms with Gasteiger partial charge in [0, 0.05) is 31.5 Å². The van der Waals surface area contributed by atoms with Crippen molar-refractivity contribution in [1.29, 1.82) is 0 Å². The van der Waals surface area contributed by atoms with E-state index in [4.69, 9.17) is 4.42 Å². The van der Waals surface area contributed by atoms with E-state index in [0.717, 1.165) is 11.1 Å². The summed E-state index contributed by atoms with van der Waals surface area (Å²) in [5.41, 5.74) is 3.14. The molecule has 1 amide bonds. The maximum Gasteiger partial charge on any atom is 0.247 e. The topological polar surface area (TPSA) is 59.2 Å². The number of hydrogen-bond donors (Lipinski definition) is 0. The number of rotatable bonds is 8.